The van der Waals surface area contributed by atoms with Gasteiger partial charge in [-0.25, -0.2) is 0 Å². The van der Waals surface area contributed by atoms with E-state index in [0.29, 0.717) is 6.61 Å². The largest absolute Gasteiger partial charge is 0.496 e. The summed E-state index contributed by atoms with van der Waals surface area (Å²) < 4.78 is 5.44. The number of methoxy groups -OCH3 is 1. The highest BCUT2D eigenvalue weighted by atomic mass is 16.5. The molecule has 1 aromatic carbocycles. The van der Waals surface area contributed by atoms with Crippen molar-refractivity contribution in [2.45, 2.75) is 40.2 Å². The monoisotopic (exact) mass is 263 g/mol. The Hall–Kier alpha value is -1.06. The fourth-order valence-corrected chi connectivity index (χ4v) is 2.67. The number of nitrogens with one attached hydrogen (secondary N) is 1. The highest BCUT2D eigenvalue weighted by Crippen LogP contribution is 2.44. The lowest BCUT2D eigenvalue weighted by Crippen LogP contribution is -2.26. The summed E-state index contributed by atoms with van der Waals surface area (Å²) in [6.07, 6.45) is 2.30. The molecule has 2 rings (SSSR count). The molecule has 2 N–H and O–H groups in total. The molecule has 0 radical (unpaired) electrons. The van der Waals surface area contributed by atoms with Gasteiger partial charge in [0.05, 0.1) is 7.11 Å². The van der Waals surface area contributed by atoms with Gasteiger partial charge in [-0.1, -0.05) is 6.07 Å². The van der Waals surface area contributed by atoms with Crippen LogP contribution in [0.4, 0.5) is 0 Å². The molecular formula is C16H25NO2. The van der Waals surface area contributed by atoms with E-state index >= 15 is 0 Å². The van der Waals surface area contributed by atoms with Crippen LogP contribution in [0.2, 0.25) is 0 Å². The van der Waals surface area contributed by atoms with E-state index in [1.807, 2.05) is 0 Å². The Morgan fingerprint density at radius 1 is 1.26 bits per heavy atom. The number of hydrogen-bond donors (Lipinski definition) is 2. The Morgan fingerprint density at radius 3 is 2.47 bits per heavy atom. The average molecular weight is 263 g/mol. The molecule has 0 aromatic heterocycles. The van der Waals surface area contributed by atoms with Crippen LogP contribution >= 0.6 is 0 Å². The second kappa shape index (κ2) is 5.51. The van der Waals surface area contributed by atoms with Gasteiger partial charge >= 0.3 is 0 Å². The first-order valence-electron chi connectivity index (χ1n) is 6.98. The maximum Gasteiger partial charge on any atom is 0.124 e. The van der Waals surface area contributed by atoms with Gasteiger partial charge in [0.1, 0.15) is 5.75 Å². The van der Waals surface area contributed by atoms with Gasteiger partial charge < -0.3 is 15.2 Å². The molecule has 1 aliphatic rings. The molecule has 0 spiro atoms. The lowest BCUT2D eigenvalue weighted by atomic mass is 9.98. The topological polar surface area (TPSA) is 41.5 Å². The number of ether oxygens (including phenoxy) is 1. The van der Waals surface area contributed by atoms with Crippen LogP contribution < -0.4 is 10.1 Å². The molecule has 0 bridgehead atoms. The Labute approximate surface area is 116 Å². The van der Waals surface area contributed by atoms with Crippen molar-refractivity contribution in [3.63, 3.8) is 0 Å². The minimum Gasteiger partial charge on any atom is -0.496 e. The molecule has 0 amide bonds. The normalized spacial score (nSPS) is 16.5. The number of rotatable bonds is 6. The van der Waals surface area contributed by atoms with Gasteiger partial charge in [0.15, 0.2) is 0 Å². The zero-order valence-electron chi connectivity index (χ0n) is 12.5. The summed E-state index contributed by atoms with van der Waals surface area (Å²) >= 11 is 0. The van der Waals surface area contributed by atoms with Crippen LogP contribution in [0.5, 0.6) is 5.75 Å². The van der Waals surface area contributed by atoms with E-state index in [1.165, 1.54) is 22.3 Å². The lowest BCUT2D eigenvalue weighted by Gasteiger charge is -2.17. The summed E-state index contributed by atoms with van der Waals surface area (Å²) in [7, 11) is 1.73. The van der Waals surface area contributed by atoms with Crippen LogP contribution in [0.15, 0.2) is 6.07 Å². The Kier molecular flexibility index (Phi) is 4.16. The smallest absolute Gasteiger partial charge is 0.124 e. The predicted octanol–water partition coefficient (Wildman–Crippen LogP) is 2.48. The molecule has 3 nitrogen and oxygen atoms in total. The number of aliphatic hydroxyl groups excluding tert-OH is 1. The average Bonchev–Trinajstić information content (AvgIpc) is 3.16. The predicted molar refractivity (Wildman–Crippen MR) is 77.7 cm³/mol. The van der Waals surface area contributed by atoms with Gasteiger partial charge in [-0.15, -0.1) is 0 Å². The quantitative estimate of drug-likeness (QED) is 0.828. The van der Waals surface area contributed by atoms with E-state index in [4.69, 9.17) is 4.74 Å². The van der Waals surface area contributed by atoms with Gasteiger partial charge in [0.25, 0.3) is 0 Å². The molecule has 106 valence electrons. The van der Waals surface area contributed by atoms with Gasteiger partial charge in [0, 0.05) is 25.1 Å². The van der Waals surface area contributed by atoms with Crippen molar-refractivity contribution in [3.05, 3.63) is 28.3 Å². The van der Waals surface area contributed by atoms with E-state index < -0.39 is 0 Å². The highest BCUT2D eigenvalue weighted by molar-refractivity contribution is 5.48. The maximum absolute atomic E-state index is 9.31. The van der Waals surface area contributed by atoms with E-state index in [0.717, 1.165) is 31.7 Å². The number of benzene rings is 1. The minimum absolute atomic E-state index is 0.171. The molecule has 1 saturated carbocycles. The van der Waals surface area contributed by atoms with Crippen LogP contribution in [-0.2, 0) is 6.54 Å². The van der Waals surface area contributed by atoms with Crippen LogP contribution in [0.1, 0.15) is 35.1 Å². The molecule has 0 atom stereocenters. The van der Waals surface area contributed by atoms with Crippen LogP contribution in [0.25, 0.3) is 0 Å². The van der Waals surface area contributed by atoms with E-state index in [9.17, 15) is 5.11 Å². The summed E-state index contributed by atoms with van der Waals surface area (Å²) in [5.41, 5.74) is 5.20. The fourth-order valence-electron chi connectivity index (χ4n) is 2.67. The first-order chi connectivity index (χ1) is 9.03. The van der Waals surface area contributed by atoms with Crippen molar-refractivity contribution < 1.29 is 9.84 Å². The van der Waals surface area contributed by atoms with E-state index in [-0.39, 0.29) is 5.41 Å². The van der Waals surface area contributed by atoms with Gasteiger partial charge in [0.2, 0.25) is 0 Å². The standard InChI is InChI=1S/C16H25NO2/c1-11-7-14(12(2)13(3)15(11)19-4)8-17-9-16(10-18)5-6-16/h7,17-18H,5-6,8-10H2,1-4H3. The summed E-state index contributed by atoms with van der Waals surface area (Å²) in [6, 6.07) is 2.20. The molecule has 0 heterocycles. The number of aryl methyl sites for hydroxylation is 1. The molecule has 1 fully saturated rings. The molecule has 19 heavy (non-hydrogen) atoms. The first kappa shape index (κ1) is 14.4. The third-order valence-electron chi connectivity index (χ3n) is 4.45. The van der Waals surface area contributed by atoms with Crippen LogP contribution in [0.3, 0.4) is 0 Å². The lowest BCUT2D eigenvalue weighted by molar-refractivity contribution is 0.207. The maximum atomic E-state index is 9.31. The van der Waals surface area contributed by atoms with Crippen molar-refractivity contribution in [1.82, 2.24) is 5.32 Å². The number of aliphatic hydroxyl groups is 1. The molecule has 0 aliphatic heterocycles. The molecular weight excluding hydrogens is 238 g/mol. The second-order valence-electron chi connectivity index (χ2n) is 5.90. The van der Waals surface area contributed by atoms with E-state index in [1.54, 1.807) is 7.11 Å². The minimum atomic E-state index is 0.171. The van der Waals surface area contributed by atoms with Crippen molar-refractivity contribution in [1.29, 1.82) is 0 Å². The highest BCUT2D eigenvalue weighted by Gasteiger charge is 2.41. The fraction of sp³-hybridized carbons (Fsp3) is 0.625. The van der Waals surface area contributed by atoms with Crippen molar-refractivity contribution in [2.24, 2.45) is 5.41 Å². The van der Waals surface area contributed by atoms with Gasteiger partial charge in [-0.3, -0.25) is 0 Å². The van der Waals surface area contributed by atoms with Gasteiger partial charge in [-0.2, -0.15) is 0 Å². The third kappa shape index (κ3) is 2.93. The van der Waals surface area contributed by atoms with Crippen molar-refractivity contribution >= 4 is 0 Å². The molecule has 3 heteroatoms. The number of hydrogen-bond acceptors (Lipinski definition) is 3. The second-order valence-corrected chi connectivity index (χ2v) is 5.90. The Morgan fingerprint density at radius 2 is 1.95 bits per heavy atom. The van der Waals surface area contributed by atoms with Gasteiger partial charge in [-0.05, 0) is 55.9 Å². The molecule has 0 saturated heterocycles. The summed E-state index contributed by atoms with van der Waals surface area (Å²) in [4.78, 5) is 0. The third-order valence-corrected chi connectivity index (χ3v) is 4.45. The molecule has 1 aliphatic carbocycles. The Balaban J connectivity index is 2.04. The van der Waals surface area contributed by atoms with Crippen molar-refractivity contribution in [3.8, 4) is 5.75 Å². The van der Waals surface area contributed by atoms with Crippen LogP contribution in [0, 0.1) is 26.2 Å². The molecule has 1 aromatic rings. The summed E-state index contributed by atoms with van der Waals surface area (Å²) in [6.45, 7) is 8.42. The van der Waals surface area contributed by atoms with E-state index in [2.05, 4.69) is 32.2 Å². The summed E-state index contributed by atoms with van der Waals surface area (Å²) in [5, 5.41) is 12.8. The zero-order valence-corrected chi connectivity index (χ0v) is 12.5. The SMILES string of the molecule is COc1c(C)cc(CNCC2(CO)CC2)c(C)c1C. The first-order valence-corrected chi connectivity index (χ1v) is 6.98. The van der Waals surface area contributed by atoms with Crippen molar-refractivity contribution in [2.75, 3.05) is 20.3 Å². The Bertz CT molecular complexity index is 464. The summed E-state index contributed by atoms with van der Waals surface area (Å²) in [5.74, 6) is 0.996. The molecule has 0 unspecified atom stereocenters. The van der Waals surface area contributed by atoms with Crippen LogP contribution in [-0.4, -0.2) is 25.4 Å². The zero-order chi connectivity index (χ0) is 14.0.